The molecule has 0 aliphatic rings. The molecule has 0 aromatic heterocycles. The van der Waals surface area contributed by atoms with Crippen LogP contribution >= 0.6 is 0 Å². The van der Waals surface area contributed by atoms with Gasteiger partial charge in [0, 0.05) is 0 Å². The zero-order valence-corrected chi connectivity index (χ0v) is 21.7. The Balaban J connectivity index is 1.44. The molecule has 0 saturated heterocycles. The summed E-state index contributed by atoms with van der Waals surface area (Å²) in [6, 6.07) is 20.0. The molecule has 0 heterocycles. The molecule has 0 fully saturated rings. The van der Waals surface area contributed by atoms with Gasteiger partial charge < -0.3 is 18.9 Å². The summed E-state index contributed by atoms with van der Waals surface area (Å²) >= 11 is 0. The van der Waals surface area contributed by atoms with Gasteiger partial charge in [0.15, 0.2) is 0 Å². The predicted molar refractivity (Wildman–Crippen MR) is 144 cm³/mol. The van der Waals surface area contributed by atoms with Crippen molar-refractivity contribution in [1.82, 2.24) is 0 Å². The van der Waals surface area contributed by atoms with Crippen molar-refractivity contribution in [1.29, 1.82) is 0 Å². The zero-order valence-electron chi connectivity index (χ0n) is 21.7. The number of carbonyl (C=O) groups excluding carboxylic acids is 2. The fourth-order valence-electron chi connectivity index (χ4n) is 3.57. The van der Waals surface area contributed by atoms with E-state index in [1.807, 2.05) is 6.92 Å². The van der Waals surface area contributed by atoms with Crippen molar-refractivity contribution >= 4 is 11.9 Å². The lowest BCUT2D eigenvalue weighted by Crippen LogP contribution is -2.11. The average Bonchev–Trinajstić information content (AvgIpc) is 2.93. The first-order valence-corrected chi connectivity index (χ1v) is 13.1. The summed E-state index contributed by atoms with van der Waals surface area (Å²) in [5, 5.41) is 0. The summed E-state index contributed by atoms with van der Waals surface area (Å²) in [5.41, 5.74) is 0.659. The highest BCUT2D eigenvalue weighted by atomic mass is 16.5. The monoisotopic (exact) mass is 504 g/mol. The number of unbranched alkanes of at least 4 members (excludes halogenated alkanes) is 5. The van der Waals surface area contributed by atoms with Crippen LogP contribution in [0, 0.1) is 0 Å². The largest absolute Gasteiger partial charge is 0.494 e. The first-order valence-electron chi connectivity index (χ1n) is 13.1. The van der Waals surface area contributed by atoms with Crippen LogP contribution in [0.2, 0.25) is 0 Å². The van der Waals surface area contributed by atoms with Gasteiger partial charge in [0.1, 0.15) is 23.0 Å². The molecular formula is C31H36O6. The van der Waals surface area contributed by atoms with Crippen LogP contribution in [0.25, 0.3) is 0 Å². The van der Waals surface area contributed by atoms with Crippen molar-refractivity contribution in [2.24, 2.45) is 0 Å². The Labute approximate surface area is 219 Å². The minimum Gasteiger partial charge on any atom is -0.494 e. The van der Waals surface area contributed by atoms with E-state index in [-0.39, 0.29) is 0 Å². The maximum Gasteiger partial charge on any atom is 0.343 e. The van der Waals surface area contributed by atoms with Crippen LogP contribution in [0.3, 0.4) is 0 Å². The Morgan fingerprint density at radius 3 is 1.35 bits per heavy atom. The lowest BCUT2D eigenvalue weighted by Gasteiger charge is -2.09. The third kappa shape index (κ3) is 9.64. The van der Waals surface area contributed by atoms with E-state index in [1.54, 1.807) is 60.7 Å². The molecular weight excluding hydrogens is 468 g/mol. The maximum atomic E-state index is 12.5. The molecule has 0 saturated carbocycles. The first kappa shape index (κ1) is 27.8. The number of esters is 2. The topological polar surface area (TPSA) is 71.1 Å². The van der Waals surface area contributed by atoms with Gasteiger partial charge in [-0.3, -0.25) is 0 Å². The number of benzene rings is 3. The molecule has 196 valence electrons. The van der Waals surface area contributed by atoms with Crippen molar-refractivity contribution in [2.45, 2.75) is 58.8 Å². The van der Waals surface area contributed by atoms with Gasteiger partial charge in [0.05, 0.1) is 24.3 Å². The van der Waals surface area contributed by atoms with Crippen LogP contribution in [-0.4, -0.2) is 25.2 Å². The Bertz CT molecular complexity index is 1090. The molecule has 3 rings (SSSR count). The van der Waals surface area contributed by atoms with E-state index >= 15 is 0 Å². The van der Waals surface area contributed by atoms with E-state index in [1.165, 1.54) is 44.2 Å². The van der Waals surface area contributed by atoms with Crippen molar-refractivity contribution in [3.05, 3.63) is 83.9 Å². The lowest BCUT2D eigenvalue weighted by atomic mass is 10.1. The summed E-state index contributed by atoms with van der Waals surface area (Å²) < 4.78 is 22.1. The predicted octanol–water partition coefficient (Wildman–Crippen LogP) is 7.65. The molecule has 3 aromatic rings. The molecule has 0 radical (unpaired) electrons. The highest BCUT2D eigenvalue weighted by Gasteiger charge is 2.13. The lowest BCUT2D eigenvalue weighted by molar-refractivity contribution is 0.0720. The fraction of sp³-hybridized carbons (Fsp3) is 0.355. The van der Waals surface area contributed by atoms with E-state index in [0.29, 0.717) is 35.8 Å². The Kier molecular flexibility index (Phi) is 11.5. The molecule has 6 heteroatoms. The SMILES string of the molecule is CCCCCCCCOc1ccc(OC(=O)c2ccc(C(=O)Oc3ccc(OCCC)cc3)cc2)cc1. The van der Waals surface area contributed by atoms with Crippen LogP contribution in [0.15, 0.2) is 72.8 Å². The number of ether oxygens (including phenoxy) is 4. The van der Waals surface area contributed by atoms with Crippen molar-refractivity contribution in [2.75, 3.05) is 13.2 Å². The standard InChI is InChI=1S/C31H36O6/c1-3-5-6-7-8-9-23-35-27-16-20-29(21-17-27)37-31(33)25-12-10-24(11-13-25)30(32)36-28-18-14-26(15-19-28)34-22-4-2/h10-21H,3-9,22-23H2,1-2H3. The summed E-state index contributed by atoms with van der Waals surface area (Å²) in [7, 11) is 0. The third-order valence-corrected chi connectivity index (χ3v) is 5.66. The van der Waals surface area contributed by atoms with E-state index in [0.717, 1.165) is 24.3 Å². The second-order valence-electron chi connectivity index (χ2n) is 8.76. The van der Waals surface area contributed by atoms with Crippen LogP contribution in [0.1, 0.15) is 79.5 Å². The maximum absolute atomic E-state index is 12.5. The molecule has 0 atom stereocenters. The molecule has 0 spiro atoms. The van der Waals surface area contributed by atoms with Gasteiger partial charge in [-0.2, -0.15) is 0 Å². The third-order valence-electron chi connectivity index (χ3n) is 5.66. The smallest absolute Gasteiger partial charge is 0.343 e. The molecule has 3 aromatic carbocycles. The molecule has 6 nitrogen and oxygen atoms in total. The van der Waals surface area contributed by atoms with Crippen molar-refractivity contribution in [3.8, 4) is 23.0 Å². The quantitative estimate of drug-likeness (QED) is 0.120. The molecule has 37 heavy (non-hydrogen) atoms. The van der Waals surface area contributed by atoms with Gasteiger partial charge in [-0.25, -0.2) is 9.59 Å². The number of rotatable bonds is 15. The molecule has 0 bridgehead atoms. The Hall–Kier alpha value is -3.80. The van der Waals surface area contributed by atoms with Gasteiger partial charge in [0.25, 0.3) is 0 Å². The minimum atomic E-state index is -0.515. The average molecular weight is 505 g/mol. The van der Waals surface area contributed by atoms with Gasteiger partial charge in [0.2, 0.25) is 0 Å². The highest BCUT2D eigenvalue weighted by Crippen LogP contribution is 2.21. The summed E-state index contributed by atoms with van der Waals surface area (Å²) in [4.78, 5) is 25.0. The van der Waals surface area contributed by atoms with Crippen LogP contribution < -0.4 is 18.9 Å². The normalized spacial score (nSPS) is 10.5. The molecule has 0 aliphatic carbocycles. The minimum absolute atomic E-state index is 0.328. The number of hydrogen-bond donors (Lipinski definition) is 0. The van der Waals surface area contributed by atoms with E-state index < -0.39 is 11.9 Å². The highest BCUT2D eigenvalue weighted by molar-refractivity contribution is 5.94. The van der Waals surface area contributed by atoms with Gasteiger partial charge >= 0.3 is 11.9 Å². The molecule has 0 N–H and O–H groups in total. The first-order chi connectivity index (χ1) is 18.1. The van der Waals surface area contributed by atoms with Gasteiger partial charge in [-0.15, -0.1) is 0 Å². The summed E-state index contributed by atoms with van der Waals surface area (Å²) in [5.74, 6) is 1.28. The molecule has 0 aliphatic heterocycles. The second kappa shape index (κ2) is 15.3. The second-order valence-corrected chi connectivity index (χ2v) is 8.76. The Morgan fingerprint density at radius 2 is 0.892 bits per heavy atom. The van der Waals surface area contributed by atoms with Crippen molar-refractivity contribution < 1.29 is 28.5 Å². The number of hydrogen-bond acceptors (Lipinski definition) is 6. The van der Waals surface area contributed by atoms with E-state index in [9.17, 15) is 9.59 Å². The number of carbonyl (C=O) groups is 2. The van der Waals surface area contributed by atoms with E-state index in [2.05, 4.69) is 6.92 Å². The van der Waals surface area contributed by atoms with Crippen LogP contribution in [0.5, 0.6) is 23.0 Å². The van der Waals surface area contributed by atoms with Gasteiger partial charge in [-0.05, 0) is 85.6 Å². The fourth-order valence-corrected chi connectivity index (χ4v) is 3.57. The zero-order chi connectivity index (χ0) is 26.3. The van der Waals surface area contributed by atoms with Gasteiger partial charge in [-0.1, -0.05) is 46.0 Å². The van der Waals surface area contributed by atoms with Crippen LogP contribution in [-0.2, 0) is 0 Å². The molecule has 0 amide bonds. The molecule has 0 unspecified atom stereocenters. The summed E-state index contributed by atoms with van der Waals surface area (Å²) in [6.45, 7) is 5.56. The van der Waals surface area contributed by atoms with Crippen LogP contribution in [0.4, 0.5) is 0 Å². The van der Waals surface area contributed by atoms with Crippen molar-refractivity contribution in [3.63, 3.8) is 0 Å². The van der Waals surface area contributed by atoms with E-state index in [4.69, 9.17) is 18.9 Å². The Morgan fingerprint density at radius 1 is 0.486 bits per heavy atom. The summed E-state index contributed by atoms with van der Waals surface area (Å²) in [6.07, 6.45) is 8.20.